The number of nitriles is 1. The van der Waals surface area contributed by atoms with E-state index in [1.54, 1.807) is 18.2 Å². The molecule has 2 N–H and O–H groups in total. The lowest BCUT2D eigenvalue weighted by Crippen LogP contribution is -2.12. The Kier molecular flexibility index (Phi) is 5.60. The molecular formula is C14H18N2OS. The lowest BCUT2D eigenvalue weighted by molar-refractivity contribution is 0.240. The van der Waals surface area contributed by atoms with Gasteiger partial charge in [0.1, 0.15) is 16.8 Å². The maximum absolute atomic E-state index is 9.09. The van der Waals surface area contributed by atoms with Gasteiger partial charge in [0.05, 0.1) is 12.2 Å². The molecule has 0 aliphatic rings. The van der Waals surface area contributed by atoms with Gasteiger partial charge < -0.3 is 10.5 Å². The summed E-state index contributed by atoms with van der Waals surface area (Å²) in [4.78, 5) is 0.290. The zero-order valence-electron chi connectivity index (χ0n) is 10.8. The summed E-state index contributed by atoms with van der Waals surface area (Å²) in [6, 6.07) is 7.32. The van der Waals surface area contributed by atoms with Crippen molar-refractivity contribution in [3.63, 3.8) is 0 Å². The predicted molar refractivity (Wildman–Crippen MR) is 76.6 cm³/mol. The van der Waals surface area contributed by atoms with Crippen molar-refractivity contribution in [2.45, 2.75) is 26.7 Å². The van der Waals surface area contributed by atoms with Gasteiger partial charge in [-0.1, -0.05) is 38.9 Å². The molecule has 0 saturated heterocycles. The van der Waals surface area contributed by atoms with Crippen LogP contribution in [0, 0.1) is 17.2 Å². The van der Waals surface area contributed by atoms with Crippen LogP contribution < -0.4 is 10.5 Å². The van der Waals surface area contributed by atoms with E-state index in [1.807, 2.05) is 0 Å². The third kappa shape index (κ3) is 3.71. The summed E-state index contributed by atoms with van der Waals surface area (Å²) in [6.45, 7) is 4.91. The monoisotopic (exact) mass is 262 g/mol. The summed E-state index contributed by atoms with van der Waals surface area (Å²) in [5, 5.41) is 9.09. The lowest BCUT2D eigenvalue weighted by Gasteiger charge is -2.14. The highest BCUT2D eigenvalue weighted by Crippen LogP contribution is 2.21. The Balaban J connectivity index is 2.84. The molecule has 0 spiro atoms. The van der Waals surface area contributed by atoms with Crippen LogP contribution in [0.5, 0.6) is 5.75 Å². The van der Waals surface area contributed by atoms with Crippen molar-refractivity contribution in [2.24, 2.45) is 11.7 Å². The third-order valence-electron chi connectivity index (χ3n) is 3.01. The van der Waals surface area contributed by atoms with Crippen LogP contribution in [0.3, 0.4) is 0 Å². The van der Waals surface area contributed by atoms with Crippen molar-refractivity contribution >= 4 is 17.2 Å². The molecule has 1 aromatic rings. The molecule has 0 radical (unpaired) electrons. The zero-order valence-corrected chi connectivity index (χ0v) is 11.6. The molecule has 0 amide bonds. The number of rotatable bonds is 6. The first-order valence-corrected chi connectivity index (χ1v) is 6.49. The smallest absolute Gasteiger partial charge is 0.137 e. The Labute approximate surface area is 114 Å². The summed E-state index contributed by atoms with van der Waals surface area (Å²) in [7, 11) is 0. The fraction of sp³-hybridized carbons (Fsp3) is 0.429. The highest BCUT2D eigenvalue weighted by Gasteiger charge is 2.09. The first-order chi connectivity index (χ1) is 8.62. The highest BCUT2D eigenvalue weighted by molar-refractivity contribution is 7.80. The molecule has 0 saturated carbocycles. The Morgan fingerprint density at radius 1 is 1.44 bits per heavy atom. The number of ether oxygens (including phenoxy) is 1. The van der Waals surface area contributed by atoms with E-state index in [2.05, 4.69) is 19.9 Å². The van der Waals surface area contributed by atoms with Gasteiger partial charge in [-0.15, -0.1) is 0 Å². The minimum atomic E-state index is 0.290. The van der Waals surface area contributed by atoms with E-state index in [-0.39, 0.29) is 4.99 Å². The third-order valence-corrected chi connectivity index (χ3v) is 3.25. The Hall–Kier alpha value is -1.60. The van der Waals surface area contributed by atoms with E-state index >= 15 is 0 Å². The van der Waals surface area contributed by atoms with Gasteiger partial charge in [-0.2, -0.15) is 5.26 Å². The number of nitrogens with zero attached hydrogens (tertiary/aromatic N) is 1. The molecule has 18 heavy (non-hydrogen) atoms. The van der Waals surface area contributed by atoms with E-state index in [4.69, 9.17) is 28.0 Å². The highest BCUT2D eigenvalue weighted by atomic mass is 32.1. The second kappa shape index (κ2) is 6.97. The molecular weight excluding hydrogens is 244 g/mol. The first-order valence-electron chi connectivity index (χ1n) is 6.09. The zero-order chi connectivity index (χ0) is 13.5. The molecule has 96 valence electrons. The fourth-order valence-electron chi connectivity index (χ4n) is 1.63. The van der Waals surface area contributed by atoms with Crippen LogP contribution in [0.4, 0.5) is 0 Å². The van der Waals surface area contributed by atoms with Gasteiger partial charge in [0, 0.05) is 5.56 Å². The van der Waals surface area contributed by atoms with Gasteiger partial charge in [0.25, 0.3) is 0 Å². The second-order valence-corrected chi connectivity index (χ2v) is 4.62. The Bertz CT molecular complexity index is 461. The molecule has 0 heterocycles. The van der Waals surface area contributed by atoms with E-state index in [0.717, 1.165) is 12.8 Å². The average molecular weight is 262 g/mol. The summed E-state index contributed by atoms with van der Waals surface area (Å²) in [5.74, 6) is 1.12. The van der Waals surface area contributed by atoms with Gasteiger partial charge in [-0.3, -0.25) is 0 Å². The molecule has 3 nitrogen and oxygen atoms in total. The predicted octanol–water partition coefficient (Wildman–Crippen LogP) is 3.01. The molecule has 0 bridgehead atoms. The second-order valence-electron chi connectivity index (χ2n) is 4.18. The standard InChI is InChI=1S/C14H18N2OS/c1-3-10(4-2)9-17-13-6-5-11(14(16)18)7-12(13)8-15/h5-7,10H,3-4,9H2,1-2H3,(H2,16,18). The van der Waals surface area contributed by atoms with Gasteiger partial charge >= 0.3 is 0 Å². The van der Waals surface area contributed by atoms with E-state index < -0.39 is 0 Å². The van der Waals surface area contributed by atoms with Crippen LogP contribution in [0.25, 0.3) is 0 Å². The Morgan fingerprint density at radius 3 is 2.61 bits per heavy atom. The maximum atomic E-state index is 9.09. The topological polar surface area (TPSA) is 59.0 Å². The minimum absolute atomic E-state index is 0.290. The molecule has 0 aliphatic carbocycles. The van der Waals surface area contributed by atoms with Crippen LogP contribution in [0.2, 0.25) is 0 Å². The van der Waals surface area contributed by atoms with Crippen molar-refractivity contribution < 1.29 is 4.74 Å². The molecule has 0 aromatic heterocycles. The summed E-state index contributed by atoms with van der Waals surface area (Å²) >= 11 is 4.88. The minimum Gasteiger partial charge on any atom is -0.492 e. The molecule has 0 unspecified atom stereocenters. The fourth-order valence-corrected chi connectivity index (χ4v) is 1.76. The number of hydrogen-bond acceptors (Lipinski definition) is 3. The number of thiocarbonyl (C=S) groups is 1. The average Bonchev–Trinajstić information content (AvgIpc) is 2.39. The Morgan fingerprint density at radius 2 is 2.11 bits per heavy atom. The molecule has 0 aliphatic heterocycles. The normalized spacial score (nSPS) is 10.1. The molecule has 4 heteroatoms. The summed E-state index contributed by atoms with van der Waals surface area (Å²) in [5.41, 5.74) is 6.70. The molecule has 1 aromatic carbocycles. The SMILES string of the molecule is CCC(CC)COc1ccc(C(N)=S)cc1C#N. The van der Waals surface area contributed by atoms with Gasteiger partial charge in [-0.25, -0.2) is 0 Å². The summed E-state index contributed by atoms with van der Waals surface area (Å²) < 4.78 is 5.70. The van der Waals surface area contributed by atoms with Crippen molar-refractivity contribution in [3.8, 4) is 11.8 Å². The van der Waals surface area contributed by atoms with Crippen LogP contribution in [-0.4, -0.2) is 11.6 Å². The molecule has 0 fully saturated rings. The number of nitrogens with two attached hydrogens (primary N) is 1. The van der Waals surface area contributed by atoms with Gasteiger partial charge in [-0.05, 0) is 24.1 Å². The van der Waals surface area contributed by atoms with Crippen molar-refractivity contribution in [1.29, 1.82) is 5.26 Å². The van der Waals surface area contributed by atoms with Crippen molar-refractivity contribution in [1.82, 2.24) is 0 Å². The summed E-state index contributed by atoms with van der Waals surface area (Å²) in [6.07, 6.45) is 2.15. The van der Waals surface area contributed by atoms with Crippen molar-refractivity contribution in [2.75, 3.05) is 6.61 Å². The van der Waals surface area contributed by atoms with E-state index in [0.29, 0.717) is 29.4 Å². The number of hydrogen-bond donors (Lipinski definition) is 1. The molecule has 1 rings (SSSR count). The van der Waals surface area contributed by atoms with E-state index in [1.165, 1.54) is 0 Å². The van der Waals surface area contributed by atoms with Crippen LogP contribution in [0.1, 0.15) is 37.8 Å². The van der Waals surface area contributed by atoms with Gasteiger partial charge in [0.15, 0.2) is 0 Å². The van der Waals surface area contributed by atoms with Gasteiger partial charge in [0.2, 0.25) is 0 Å². The first kappa shape index (κ1) is 14.5. The maximum Gasteiger partial charge on any atom is 0.137 e. The largest absolute Gasteiger partial charge is 0.492 e. The van der Waals surface area contributed by atoms with Crippen LogP contribution in [-0.2, 0) is 0 Å². The molecule has 0 atom stereocenters. The lowest BCUT2D eigenvalue weighted by atomic mass is 10.1. The van der Waals surface area contributed by atoms with Crippen molar-refractivity contribution in [3.05, 3.63) is 29.3 Å². The van der Waals surface area contributed by atoms with E-state index in [9.17, 15) is 0 Å². The van der Waals surface area contributed by atoms with Crippen LogP contribution in [0.15, 0.2) is 18.2 Å². The quantitative estimate of drug-likeness (QED) is 0.801. The van der Waals surface area contributed by atoms with Crippen LogP contribution >= 0.6 is 12.2 Å². The number of benzene rings is 1.